The van der Waals surface area contributed by atoms with Crippen molar-refractivity contribution in [2.45, 2.75) is 25.7 Å². The third-order valence-electron chi connectivity index (χ3n) is 4.05. The van der Waals surface area contributed by atoms with E-state index in [9.17, 15) is 9.59 Å². The van der Waals surface area contributed by atoms with Crippen molar-refractivity contribution >= 4 is 23.5 Å². The Labute approximate surface area is 144 Å². The zero-order valence-corrected chi connectivity index (χ0v) is 14.3. The van der Waals surface area contributed by atoms with Crippen LogP contribution in [0, 0.1) is 5.92 Å². The van der Waals surface area contributed by atoms with E-state index in [0.717, 1.165) is 0 Å². The molecule has 7 nitrogen and oxygen atoms in total. The van der Waals surface area contributed by atoms with Crippen LogP contribution in [0.1, 0.15) is 25.5 Å². The highest BCUT2D eigenvalue weighted by molar-refractivity contribution is 6.30. The van der Waals surface area contributed by atoms with Gasteiger partial charge in [-0.1, -0.05) is 11.6 Å². The molecule has 0 amide bonds. The first kappa shape index (κ1) is 17.0. The molecule has 1 saturated heterocycles. The normalized spacial score (nSPS) is 28.0. The molecule has 1 aromatic carbocycles. The maximum atomic E-state index is 12.6. The minimum absolute atomic E-state index is 0.130. The van der Waals surface area contributed by atoms with Gasteiger partial charge in [-0.05, 0) is 32.0 Å². The average Bonchev–Trinajstić information content (AvgIpc) is 2.76. The highest BCUT2D eigenvalue weighted by Crippen LogP contribution is 2.54. The first-order chi connectivity index (χ1) is 11.4. The maximum Gasteiger partial charge on any atom is 0.382 e. The number of rotatable bonds is 4. The molecule has 0 aliphatic carbocycles. The molecule has 130 valence electrons. The predicted molar refractivity (Wildman–Crippen MR) is 83.2 cm³/mol. The highest BCUT2D eigenvalue weighted by Gasteiger charge is 2.69. The van der Waals surface area contributed by atoms with E-state index in [2.05, 4.69) is 0 Å². The van der Waals surface area contributed by atoms with Gasteiger partial charge in [-0.3, -0.25) is 4.79 Å². The Morgan fingerprint density at radius 2 is 2.00 bits per heavy atom. The first-order valence-electron chi connectivity index (χ1n) is 7.68. The van der Waals surface area contributed by atoms with E-state index in [0.29, 0.717) is 16.3 Å². The third kappa shape index (κ3) is 2.44. The van der Waals surface area contributed by atoms with Gasteiger partial charge in [0.15, 0.2) is 5.92 Å². The fraction of sp³-hybridized carbons (Fsp3) is 0.500. The minimum Gasteiger partial charge on any atom is -0.466 e. The van der Waals surface area contributed by atoms with Gasteiger partial charge in [0, 0.05) is 17.6 Å². The van der Waals surface area contributed by atoms with E-state index in [1.54, 1.807) is 39.1 Å². The molecular formula is C16H18ClNO6. The number of hydroxylamine groups is 2. The summed E-state index contributed by atoms with van der Waals surface area (Å²) in [5.74, 6) is -3.86. The first-order valence-corrected chi connectivity index (χ1v) is 8.06. The van der Waals surface area contributed by atoms with Crippen molar-refractivity contribution in [3.63, 3.8) is 0 Å². The maximum absolute atomic E-state index is 12.6. The molecule has 3 rings (SSSR count). The van der Waals surface area contributed by atoms with Crippen molar-refractivity contribution < 1.29 is 28.6 Å². The predicted octanol–water partition coefficient (Wildman–Crippen LogP) is 2.09. The Hall–Kier alpha value is -1.83. The number of esters is 2. The molecule has 0 spiro atoms. The van der Waals surface area contributed by atoms with Crippen molar-refractivity contribution in [1.29, 1.82) is 0 Å². The number of fused-ring (bicyclic) bond motifs is 4. The van der Waals surface area contributed by atoms with Crippen LogP contribution < -0.4 is 4.74 Å². The molecule has 8 heteroatoms. The largest absolute Gasteiger partial charge is 0.466 e. The summed E-state index contributed by atoms with van der Waals surface area (Å²) in [6.07, 6.45) is 0. The molecule has 0 radical (unpaired) electrons. The Morgan fingerprint density at radius 1 is 1.29 bits per heavy atom. The van der Waals surface area contributed by atoms with Gasteiger partial charge < -0.3 is 14.2 Å². The lowest BCUT2D eigenvalue weighted by molar-refractivity contribution is -0.269. The summed E-state index contributed by atoms with van der Waals surface area (Å²) in [5, 5.41) is 1.91. The second-order valence-corrected chi connectivity index (χ2v) is 5.92. The number of nitrogens with zero attached hydrogens (tertiary/aromatic N) is 1. The van der Waals surface area contributed by atoms with Gasteiger partial charge in [0.1, 0.15) is 5.75 Å². The molecule has 0 saturated carbocycles. The van der Waals surface area contributed by atoms with Gasteiger partial charge in [0.05, 0.1) is 19.3 Å². The average molecular weight is 356 g/mol. The van der Waals surface area contributed by atoms with Gasteiger partial charge in [-0.25, -0.2) is 9.63 Å². The zero-order valence-electron chi connectivity index (χ0n) is 13.6. The van der Waals surface area contributed by atoms with Crippen LogP contribution in [0.5, 0.6) is 5.75 Å². The number of carbonyl (C=O) groups excluding carboxylic acids is 2. The second kappa shape index (κ2) is 6.23. The SMILES string of the molecule is CCOC(=O)[C@@H]1[C@H]2c3cc(Cl)ccc3O[C@]1(C(=O)OCC)ON2C. The second-order valence-electron chi connectivity index (χ2n) is 5.48. The smallest absolute Gasteiger partial charge is 0.382 e. The summed E-state index contributed by atoms with van der Waals surface area (Å²) in [6.45, 7) is 3.66. The molecule has 0 N–H and O–H groups in total. The van der Waals surface area contributed by atoms with Crippen LogP contribution in [0.4, 0.5) is 0 Å². The van der Waals surface area contributed by atoms with E-state index in [-0.39, 0.29) is 13.2 Å². The summed E-state index contributed by atoms with van der Waals surface area (Å²) in [6, 6.07) is 4.40. The quantitative estimate of drug-likeness (QED) is 0.765. The Morgan fingerprint density at radius 3 is 2.67 bits per heavy atom. The molecule has 2 bridgehead atoms. The van der Waals surface area contributed by atoms with Crippen LogP contribution >= 0.6 is 11.6 Å². The van der Waals surface area contributed by atoms with Crippen molar-refractivity contribution in [3.05, 3.63) is 28.8 Å². The van der Waals surface area contributed by atoms with Crippen LogP contribution in [0.3, 0.4) is 0 Å². The molecule has 2 aliphatic rings. The van der Waals surface area contributed by atoms with Gasteiger partial charge >= 0.3 is 17.7 Å². The molecule has 3 atom stereocenters. The highest BCUT2D eigenvalue weighted by atomic mass is 35.5. The number of halogens is 1. The topological polar surface area (TPSA) is 74.3 Å². The summed E-state index contributed by atoms with van der Waals surface area (Å²) in [5.41, 5.74) is 0.653. The van der Waals surface area contributed by atoms with Crippen molar-refractivity contribution in [1.82, 2.24) is 5.06 Å². The standard InChI is InChI=1S/C16H18ClNO6/c1-4-21-14(19)12-13-10-8-9(17)6-7-11(10)23-16(12,24-18(13)3)15(20)22-5-2/h6-8,12-13H,4-5H2,1-3H3/t12-,13+,16-/m0/s1. The molecule has 2 aliphatic heterocycles. The lowest BCUT2D eigenvalue weighted by atomic mass is 9.84. The van der Waals surface area contributed by atoms with Crippen LogP contribution in [-0.2, 0) is 23.9 Å². The molecule has 1 fully saturated rings. The monoisotopic (exact) mass is 355 g/mol. The van der Waals surface area contributed by atoms with E-state index < -0.39 is 29.7 Å². The van der Waals surface area contributed by atoms with E-state index in [1.165, 1.54) is 5.06 Å². The fourth-order valence-electron chi connectivity index (χ4n) is 3.16. The summed E-state index contributed by atoms with van der Waals surface area (Å²) in [7, 11) is 1.62. The molecule has 1 aromatic rings. The number of benzene rings is 1. The van der Waals surface area contributed by atoms with E-state index in [1.807, 2.05) is 0 Å². The summed E-state index contributed by atoms with van der Waals surface area (Å²) < 4.78 is 16.1. The molecule has 0 aromatic heterocycles. The Bertz CT molecular complexity index is 681. The number of hydrogen-bond donors (Lipinski definition) is 0. The Kier molecular flexibility index (Phi) is 4.42. The fourth-order valence-corrected chi connectivity index (χ4v) is 3.34. The summed E-state index contributed by atoms with van der Waals surface area (Å²) in [4.78, 5) is 30.8. The van der Waals surface area contributed by atoms with Crippen LogP contribution in [0.25, 0.3) is 0 Å². The van der Waals surface area contributed by atoms with Crippen molar-refractivity contribution in [3.8, 4) is 5.75 Å². The molecule has 0 unspecified atom stereocenters. The lowest BCUT2D eigenvalue weighted by Crippen LogP contribution is -2.55. The number of ether oxygens (including phenoxy) is 3. The van der Waals surface area contributed by atoms with Gasteiger partial charge in [0.25, 0.3) is 0 Å². The van der Waals surface area contributed by atoms with Crippen LogP contribution in [-0.4, -0.2) is 43.1 Å². The van der Waals surface area contributed by atoms with Crippen LogP contribution in [0.2, 0.25) is 5.02 Å². The van der Waals surface area contributed by atoms with Crippen molar-refractivity contribution in [2.75, 3.05) is 20.3 Å². The van der Waals surface area contributed by atoms with E-state index in [4.69, 9.17) is 30.6 Å². The van der Waals surface area contributed by atoms with Gasteiger partial charge in [-0.2, -0.15) is 5.06 Å². The van der Waals surface area contributed by atoms with Crippen LogP contribution in [0.15, 0.2) is 18.2 Å². The molecule has 2 heterocycles. The Balaban J connectivity index is 2.14. The van der Waals surface area contributed by atoms with Gasteiger partial charge in [0.2, 0.25) is 0 Å². The molecule has 24 heavy (non-hydrogen) atoms. The minimum atomic E-state index is -1.90. The lowest BCUT2D eigenvalue weighted by Gasteiger charge is -2.35. The number of hydrogen-bond acceptors (Lipinski definition) is 7. The summed E-state index contributed by atoms with van der Waals surface area (Å²) >= 11 is 6.07. The van der Waals surface area contributed by atoms with Gasteiger partial charge in [-0.15, -0.1) is 0 Å². The molecular weight excluding hydrogens is 338 g/mol. The van der Waals surface area contributed by atoms with E-state index >= 15 is 0 Å². The third-order valence-corrected chi connectivity index (χ3v) is 4.28. The zero-order chi connectivity index (χ0) is 17.5. The van der Waals surface area contributed by atoms with Crippen molar-refractivity contribution in [2.24, 2.45) is 5.92 Å². The number of carbonyl (C=O) groups is 2.